The second kappa shape index (κ2) is 6.78. The SMILES string of the molecule is CCOc1ccc(S(=O)(=O)Nc2cnc(N(C)C)nc2)cc1F. The van der Waals surface area contributed by atoms with Gasteiger partial charge in [0.25, 0.3) is 10.0 Å². The van der Waals surface area contributed by atoms with Gasteiger partial charge in [-0.15, -0.1) is 0 Å². The van der Waals surface area contributed by atoms with Crippen LogP contribution in [0, 0.1) is 5.82 Å². The second-order valence-electron chi connectivity index (χ2n) is 4.80. The van der Waals surface area contributed by atoms with Crippen LogP contribution in [0.1, 0.15) is 6.92 Å². The maximum atomic E-state index is 13.8. The van der Waals surface area contributed by atoms with Crippen LogP contribution in [-0.4, -0.2) is 39.1 Å². The topological polar surface area (TPSA) is 84.4 Å². The molecule has 0 aliphatic rings. The molecule has 1 heterocycles. The summed E-state index contributed by atoms with van der Waals surface area (Å²) in [5, 5.41) is 0. The van der Waals surface area contributed by atoms with E-state index in [0.29, 0.717) is 5.95 Å². The predicted molar refractivity (Wildman–Crippen MR) is 84.7 cm³/mol. The van der Waals surface area contributed by atoms with Crippen molar-refractivity contribution < 1.29 is 17.5 Å². The summed E-state index contributed by atoms with van der Waals surface area (Å²) in [5.74, 6) is -0.292. The Morgan fingerprint density at radius 2 is 1.91 bits per heavy atom. The maximum Gasteiger partial charge on any atom is 0.262 e. The maximum absolute atomic E-state index is 13.8. The van der Waals surface area contributed by atoms with Crippen LogP contribution in [0.3, 0.4) is 0 Å². The molecular weight excluding hydrogens is 323 g/mol. The van der Waals surface area contributed by atoms with Crippen molar-refractivity contribution in [1.82, 2.24) is 9.97 Å². The number of sulfonamides is 1. The van der Waals surface area contributed by atoms with Crippen molar-refractivity contribution in [3.8, 4) is 5.75 Å². The third kappa shape index (κ3) is 4.07. The van der Waals surface area contributed by atoms with Crippen molar-refractivity contribution in [2.75, 3.05) is 30.3 Å². The lowest BCUT2D eigenvalue weighted by Gasteiger charge is -2.12. The van der Waals surface area contributed by atoms with E-state index in [2.05, 4.69) is 14.7 Å². The number of anilines is 2. The van der Waals surface area contributed by atoms with Crippen LogP contribution in [0.5, 0.6) is 5.75 Å². The summed E-state index contributed by atoms with van der Waals surface area (Å²) in [6, 6.07) is 3.45. The third-order valence-corrected chi connectivity index (χ3v) is 4.18. The van der Waals surface area contributed by atoms with Gasteiger partial charge in [0.05, 0.1) is 29.6 Å². The van der Waals surface area contributed by atoms with Gasteiger partial charge in [-0.1, -0.05) is 0 Å². The van der Waals surface area contributed by atoms with E-state index in [1.165, 1.54) is 24.5 Å². The third-order valence-electron chi connectivity index (χ3n) is 2.80. The lowest BCUT2D eigenvalue weighted by Crippen LogP contribution is -2.15. The lowest BCUT2D eigenvalue weighted by atomic mass is 10.3. The highest BCUT2D eigenvalue weighted by atomic mass is 32.2. The van der Waals surface area contributed by atoms with Crippen LogP contribution < -0.4 is 14.4 Å². The zero-order valence-electron chi connectivity index (χ0n) is 12.9. The summed E-state index contributed by atoms with van der Waals surface area (Å²) in [6.45, 7) is 2.00. The number of halogens is 1. The zero-order valence-corrected chi connectivity index (χ0v) is 13.8. The molecule has 0 atom stereocenters. The summed E-state index contributed by atoms with van der Waals surface area (Å²) in [6.07, 6.45) is 2.68. The number of benzene rings is 1. The van der Waals surface area contributed by atoms with E-state index in [1.54, 1.807) is 25.9 Å². The Kier molecular flexibility index (Phi) is 4.99. The fraction of sp³-hybridized carbons (Fsp3) is 0.286. The van der Waals surface area contributed by atoms with Gasteiger partial charge in [-0.05, 0) is 25.1 Å². The van der Waals surface area contributed by atoms with Crippen molar-refractivity contribution in [2.24, 2.45) is 0 Å². The van der Waals surface area contributed by atoms with Crippen LogP contribution >= 0.6 is 0 Å². The molecule has 0 unspecified atom stereocenters. The van der Waals surface area contributed by atoms with Crippen molar-refractivity contribution >= 4 is 21.7 Å². The van der Waals surface area contributed by atoms with Gasteiger partial charge in [0, 0.05) is 14.1 Å². The molecule has 0 bridgehead atoms. The molecular formula is C14H17FN4O3S. The Bertz CT molecular complexity index is 779. The standard InChI is InChI=1S/C14H17FN4O3S/c1-4-22-13-6-5-11(7-12(13)15)23(20,21)18-10-8-16-14(17-9-10)19(2)3/h5-9,18H,4H2,1-3H3. The molecule has 2 aromatic rings. The van der Waals surface area contributed by atoms with Gasteiger partial charge in [-0.3, -0.25) is 4.72 Å². The number of hydrogen-bond acceptors (Lipinski definition) is 6. The van der Waals surface area contributed by atoms with Crippen LogP contribution in [0.15, 0.2) is 35.5 Å². The first-order chi connectivity index (χ1) is 10.8. The minimum atomic E-state index is -3.94. The Hall–Kier alpha value is -2.42. The normalized spacial score (nSPS) is 11.1. The molecule has 23 heavy (non-hydrogen) atoms. The van der Waals surface area contributed by atoms with Crippen LogP contribution in [-0.2, 0) is 10.0 Å². The van der Waals surface area contributed by atoms with Crippen molar-refractivity contribution in [2.45, 2.75) is 11.8 Å². The highest BCUT2D eigenvalue weighted by Gasteiger charge is 2.17. The summed E-state index contributed by atoms with van der Waals surface area (Å²) in [7, 11) is -0.408. The number of ether oxygens (including phenoxy) is 1. The van der Waals surface area contributed by atoms with Crippen LogP contribution in [0.2, 0.25) is 0 Å². The second-order valence-corrected chi connectivity index (χ2v) is 6.48. The Morgan fingerprint density at radius 1 is 1.26 bits per heavy atom. The van der Waals surface area contributed by atoms with Gasteiger partial charge >= 0.3 is 0 Å². The molecule has 0 spiro atoms. The number of nitrogens with one attached hydrogen (secondary N) is 1. The largest absolute Gasteiger partial charge is 0.491 e. The average Bonchev–Trinajstić information content (AvgIpc) is 2.49. The van der Waals surface area contributed by atoms with Crippen molar-refractivity contribution in [3.63, 3.8) is 0 Å². The van der Waals surface area contributed by atoms with E-state index in [0.717, 1.165) is 6.07 Å². The molecule has 0 amide bonds. The molecule has 2 rings (SSSR count). The number of aromatic nitrogens is 2. The molecule has 1 N–H and O–H groups in total. The van der Waals surface area contributed by atoms with E-state index in [9.17, 15) is 12.8 Å². The molecule has 1 aromatic heterocycles. The van der Waals surface area contributed by atoms with Gasteiger partial charge < -0.3 is 9.64 Å². The Labute approximate surface area is 134 Å². The van der Waals surface area contributed by atoms with E-state index in [4.69, 9.17) is 4.74 Å². The molecule has 9 heteroatoms. The summed E-state index contributed by atoms with van der Waals surface area (Å²) in [5.41, 5.74) is 0.185. The Morgan fingerprint density at radius 3 is 2.43 bits per heavy atom. The van der Waals surface area contributed by atoms with Gasteiger partial charge in [0.2, 0.25) is 5.95 Å². The van der Waals surface area contributed by atoms with E-state index in [1.807, 2.05) is 0 Å². The van der Waals surface area contributed by atoms with E-state index < -0.39 is 15.8 Å². The molecule has 1 aromatic carbocycles. The summed E-state index contributed by atoms with van der Waals surface area (Å²) in [4.78, 5) is 9.48. The molecule has 0 radical (unpaired) electrons. The first-order valence-electron chi connectivity index (χ1n) is 6.78. The van der Waals surface area contributed by atoms with Gasteiger partial charge in [-0.2, -0.15) is 0 Å². The van der Waals surface area contributed by atoms with Crippen molar-refractivity contribution in [3.05, 3.63) is 36.4 Å². The van der Waals surface area contributed by atoms with Gasteiger partial charge in [0.15, 0.2) is 11.6 Å². The van der Waals surface area contributed by atoms with Gasteiger partial charge in [-0.25, -0.2) is 22.8 Å². The fourth-order valence-corrected chi connectivity index (χ4v) is 2.78. The first kappa shape index (κ1) is 16.9. The summed E-state index contributed by atoms with van der Waals surface area (Å²) < 4.78 is 45.7. The Balaban J connectivity index is 2.23. The molecule has 0 aliphatic carbocycles. The van der Waals surface area contributed by atoms with Crippen molar-refractivity contribution in [1.29, 1.82) is 0 Å². The minimum Gasteiger partial charge on any atom is -0.491 e. The van der Waals surface area contributed by atoms with E-state index in [-0.39, 0.29) is 22.9 Å². The minimum absolute atomic E-state index is 0.00474. The van der Waals surface area contributed by atoms with Crippen LogP contribution in [0.4, 0.5) is 16.0 Å². The smallest absolute Gasteiger partial charge is 0.262 e. The average molecular weight is 340 g/mol. The number of hydrogen-bond donors (Lipinski definition) is 1. The molecule has 0 aliphatic heterocycles. The highest BCUT2D eigenvalue weighted by molar-refractivity contribution is 7.92. The van der Waals surface area contributed by atoms with Crippen LogP contribution in [0.25, 0.3) is 0 Å². The molecule has 124 valence electrons. The fourth-order valence-electron chi connectivity index (χ4n) is 1.74. The summed E-state index contributed by atoms with van der Waals surface area (Å²) >= 11 is 0. The molecule has 7 nitrogen and oxygen atoms in total. The van der Waals surface area contributed by atoms with Gasteiger partial charge in [0.1, 0.15) is 0 Å². The molecule has 0 fully saturated rings. The highest BCUT2D eigenvalue weighted by Crippen LogP contribution is 2.22. The lowest BCUT2D eigenvalue weighted by molar-refractivity contribution is 0.321. The molecule has 0 saturated heterocycles. The molecule has 0 saturated carbocycles. The number of nitrogens with zero attached hydrogens (tertiary/aromatic N) is 3. The monoisotopic (exact) mass is 340 g/mol. The van der Waals surface area contributed by atoms with E-state index >= 15 is 0 Å². The quantitative estimate of drug-likeness (QED) is 0.864. The first-order valence-corrected chi connectivity index (χ1v) is 8.26. The number of rotatable bonds is 6. The zero-order chi connectivity index (χ0) is 17.0. The predicted octanol–water partition coefficient (Wildman–Crippen LogP) is 1.88.